The summed E-state index contributed by atoms with van der Waals surface area (Å²) in [4.78, 5) is 17.3. The number of anilines is 1. The molecule has 0 amide bonds. The summed E-state index contributed by atoms with van der Waals surface area (Å²) in [5.41, 5.74) is 3.07. The summed E-state index contributed by atoms with van der Waals surface area (Å²) in [5.74, 6) is 0. The molecule has 0 fully saturated rings. The molecule has 0 saturated heterocycles. The Kier molecular flexibility index (Phi) is 4.88. The third kappa shape index (κ3) is 3.57. The van der Waals surface area contributed by atoms with Gasteiger partial charge in [0.15, 0.2) is 0 Å². The molecule has 27 heavy (non-hydrogen) atoms. The lowest BCUT2D eigenvalue weighted by Gasteiger charge is -2.01. The van der Waals surface area contributed by atoms with E-state index in [-0.39, 0.29) is 5.56 Å². The lowest BCUT2D eigenvalue weighted by molar-refractivity contribution is 0.839. The molecule has 8 heteroatoms. The van der Waals surface area contributed by atoms with E-state index in [0.717, 1.165) is 42.0 Å². The van der Waals surface area contributed by atoms with Gasteiger partial charge in [0, 0.05) is 47.5 Å². The van der Waals surface area contributed by atoms with E-state index in [0.29, 0.717) is 10.1 Å². The lowest BCUT2D eigenvalue weighted by Crippen LogP contribution is -2.15. The second-order valence-corrected chi connectivity index (χ2v) is 7.93. The van der Waals surface area contributed by atoms with E-state index >= 15 is 0 Å². The Morgan fingerprint density at radius 2 is 2.11 bits per heavy atom. The van der Waals surface area contributed by atoms with Crippen LogP contribution in [0.2, 0.25) is 5.02 Å². The monoisotopic (exact) mass is 401 g/mol. The Morgan fingerprint density at radius 3 is 2.93 bits per heavy atom. The summed E-state index contributed by atoms with van der Waals surface area (Å²) in [6.07, 6.45) is 4.74. The zero-order valence-electron chi connectivity index (χ0n) is 15.2. The Hall–Kier alpha value is -2.38. The first-order valence-electron chi connectivity index (χ1n) is 8.92. The molecule has 0 radical (unpaired) electrons. The van der Waals surface area contributed by atoms with Crippen LogP contribution in [0, 0.1) is 0 Å². The van der Waals surface area contributed by atoms with E-state index in [1.54, 1.807) is 6.07 Å². The van der Waals surface area contributed by atoms with Gasteiger partial charge in [-0.1, -0.05) is 42.3 Å². The molecule has 4 aromatic rings. The molecule has 0 atom stereocenters. The first-order chi connectivity index (χ1) is 13.0. The molecule has 0 aliphatic carbocycles. The van der Waals surface area contributed by atoms with Gasteiger partial charge in [-0.3, -0.25) is 4.79 Å². The highest BCUT2D eigenvalue weighted by molar-refractivity contribution is 7.20. The van der Waals surface area contributed by atoms with Crippen molar-refractivity contribution in [2.75, 3.05) is 11.9 Å². The highest BCUT2D eigenvalue weighted by Gasteiger charge is 2.10. The second kappa shape index (κ2) is 7.32. The van der Waals surface area contributed by atoms with Crippen molar-refractivity contribution in [2.45, 2.75) is 26.2 Å². The summed E-state index contributed by atoms with van der Waals surface area (Å²) < 4.78 is 3.46. The lowest BCUT2D eigenvalue weighted by atomic mass is 10.1. The number of aryl methyl sites for hydroxylation is 2. The van der Waals surface area contributed by atoms with Gasteiger partial charge in [-0.25, -0.2) is 4.98 Å². The number of fused-ring (bicyclic) bond motifs is 2. The van der Waals surface area contributed by atoms with Gasteiger partial charge in [0.2, 0.25) is 10.1 Å². The molecule has 3 aromatic heterocycles. The number of rotatable bonds is 6. The summed E-state index contributed by atoms with van der Waals surface area (Å²) in [5, 5.41) is 10.3. The van der Waals surface area contributed by atoms with E-state index in [4.69, 9.17) is 11.6 Å². The van der Waals surface area contributed by atoms with Gasteiger partial charge in [-0.05, 0) is 30.5 Å². The summed E-state index contributed by atoms with van der Waals surface area (Å²) in [6, 6.07) is 7.53. The quantitative estimate of drug-likeness (QED) is 0.532. The average Bonchev–Trinajstić information content (AvgIpc) is 3.17. The minimum absolute atomic E-state index is 0.126. The van der Waals surface area contributed by atoms with Crippen LogP contribution in [0.25, 0.3) is 15.9 Å². The Morgan fingerprint density at radius 1 is 1.26 bits per heavy atom. The van der Waals surface area contributed by atoms with Gasteiger partial charge >= 0.3 is 0 Å². The molecule has 3 heterocycles. The van der Waals surface area contributed by atoms with Crippen molar-refractivity contribution >= 4 is 43.9 Å². The fourth-order valence-corrected chi connectivity index (χ4v) is 4.27. The molecule has 0 aliphatic heterocycles. The van der Waals surface area contributed by atoms with Crippen molar-refractivity contribution in [2.24, 2.45) is 7.05 Å². The van der Waals surface area contributed by atoms with Crippen LogP contribution in [-0.2, 0) is 19.9 Å². The predicted molar refractivity (Wildman–Crippen MR) is 111 cm³/mol. The van der Waals surface area contributed by atoms with Gasteiger partial charge in [0.1, 0.15) is 0 Å². The smallest absolute Gasteiger partial charge is 0.275 e. The number of nitrogens with one attached hydrogen (secondary N) is 1. The van der Waals surface area contributed by atoms with Crippen LogP contribution >= 0.6 is 22.9 Å². The third-order valence-electron chi connectivity index (χ3n) is 4.51. The van der Waals surface area contributed by atoms with Crippen molar-refractivity contribution in [3.05, 3.63) is 57.1 Å². The minimum Gasteiger partial charge on any atom is -0.360 e. The average molecular weight is 402 g/mol. The molecule has 0 unspecified atom stereocenters. The van der Waals surface area contributed by atoms with Crippen LogP contribution in [0.3, 0.4) is 0 Å². The topological polar surface area (TPSA) is 64.2 Å². The van der Waals surface area contributed by atoms with E-state index < -0.39 is 0 Å². The van der Waals surface area contributed by atoms with Crippen LogP contribution < -0.4 is 10.9 Å². The van der Waals surface area contributed by atoms with Gasteiger partial charge < -0.3 is 9.88 Å². The minimum atomic E-state index is -0.126. The second-order valence-electron chi connectivity index (χ2n) is 6.54. The molecular weight excluding hydrogens is 382 g/mol. The Bertz CT molecular complexity index is 1180. The number of hydrogen-bond donors (Lipinski definition) is 1. The Balaban J connectivity index is 1.51. The molecular formula is C19H20ClN5OS. The zero-order valence-corrected chi connectivity index (χ0v) is 16.8. The Labute approximate surface area is 165 Å². The summed E-state index contributed by atoms with van der Waals surface area (Å²) in [7, 11) is 2.02. The van der Waals surface area contributed by atoms with Gasteiger partial charge in [0.05, 0.1) is 0 Å². The van der Waals surface area contributed by atoms with Crippen molar-refractivity contribution in [3.8, 4) is 0 Å². The molecule has 1 aromatic carbocycles. The van der Waals surface area contributed by atoms with Gasteiger partial charge in [-0.2, -0.15) is 4.52 Å². The largest absolute Gasteiger partial charge is 0.360 e. The van der Waals surface area contributed by atoms with Crippen LogP contribution in [-0.4, -0.2) is 25.7 Å². The van der Waals surface area contributed by atoms with Crippen LogP contribution in [0.15, 0.2) is 35.3 Å². The molecule has 0 spiro atoms. The summed E-state index contributed by atoms with van der Waals surface area (Å²) >= 11 is 7.50. The van der Waals surface area contributed by atoms with E-state index in [9.17, 15) is 4.79 Å². The van der Waals surface area contributed by atoms with E-state index in [1.807, 2.05) is 19.2 Å². The van der Waals surface area contributed by atoms with Crippen molar-refractivity contribution in [1.29, 1.82) is 0 Å². The van der Waals surface area contributed by atoms with Gasteiger partial charge in [-0.15, -0.1) is 5.10 Å². The molecule has 0 saturated carbocycles. The number of benzene rings is 1. The maximum atomic E-state index is 12.2. The maximum Gasteiger partial charge on any atom is 0.275 e. The van der Waals surface area contributed by atoms with Crippen LogP contribution in [0.4, 0.5) is 5.13 Å². The predicted octanol–water partition coefficient (Wildman–Crippen LogP) is 3.90. The molecule has 1 N–H and O–H groups in total. The SMILES string of the molecule is CCCc1cc(=O)n2nc(NCCc3cn(C)c4cc(Cl)ccc34)sc2n1. The van der Waals surface area contributed by atoms with Crippen LogP contribution in [0.1, 0.15) is 24.6 Å². The first kappa shape index (κ1) is 18.0. The number of hydrogen-bond acceptors (Lipinski definition) is 5. The first-order valence-corrected chi connectivity index (χ1v) is 10.1. The molecule has 0 bridgehead atoms. The number of nitrogens with zero attached hydrogens (tertiary/aromatic N) is 4. The summed E-state index contributed by atoms with van der Waals surface area (Å²) in [6.45, 7) is 2.79. The number of aromatic nitrogens is 4. The maximum absolute atomic E-state index is 12.2. The number of halogens is 1. The molecule has 6 nitrogen and oxygen atoms in total. The highest BCUT2D eigenvalue weighted by Crippen LogP contribution is 2.25. The molecule has 0 aliphatic rings. The van der Waals surface area contributed by atoms with E-state index in [2.05, 4.69) is 39.2 Å². The molecule has 140 valence electrons. The fourth-order valence-electron chi connectivity index (χ4n) is 3.26. The van der Waals surface area contributed by atoms with Crippen LogP contribution in [0.5, 0.6) is 0 Å². The van der Waals surface area contributed by atoms with Crippen molar-refractivity contribution < 1.29 is 0 Å². The highest BCUT2D eigenvalue weighted by atomic mass is 35.5. The van der Waals surface area contributed by atoms with Gasteiger partial charge in [0.25, 0.3) is 5.56 Å². The standard InChI is InChI=1S/C19H20ClN5OS/c1-3-4-14-10-17(26)25-19(22-14)27-18(23-25)21-8-7-12-11-24(2)16-9-13(20)5-6-15(12)16/h5-6,9-11H,3-4,7-8H2,1-2H3,(H,21,23). The van der Waals surface area contributed by atoms with Crippen molar-refractivity contribution in [3.63, 3.8) is 0 Å². The normalized spacial score (nSPS) is 11.5. The molecule has 4 rings (SSSR count). The third-order valence-corrected chi connectivity index (χ3v) is 5.61. The van der Waals surface area contributed by atoms with E-state index in [1.165, 1.54) is 26.8 Å². The fraction of sp³-hybridized carbons (Fsp3) is 0.316. The van der Waals surface area contributed by atoms with Crippen molar-refractivity contribution in [1.82, 2.24) is 19.2 Å². The zero-order chi connectivity index (χ0) is 19.0.